The van der Waals surface area contributed by atoms with E-state index in [1.165, 1.54) is 180 Å². The first-order valence-corrected chi connectivity index (χ1v) is 27.6. The zero-order chi connectivity index (χ0) is 47.9. The first-order chi connectivity index (χ1) is 31.9. The van der Waals surface area contributed by atoms with Gasteiger partial charge in [0.1, 0.15) is 0 Å². The molecule has 372 valence electrons. The van der Waals surface area contributed by atoms with Crippen molar-refractivity contribution >= 4 is 23.5 Å². The van der Waals surface area contributed by atoms with Gasteiger partial charge in [0.15, 0.2) is 11.6 Å². The number of carbonyl (C=O) groups is 4. The minimum absolute atomic E-state index is 0.184. The Kier molecular flexibility index (Phi) is 28.7. The van der Waals surface area contributed by atoms with Crippen LogP contribution < -0.4 is 0 Å². The number of rotatable bonds is 40. The topological polar surface area (TPSA) is 86.7 Å². The third-order valence-corrected chi connectivity index (χ3v) is 14.3. The molecule has 0 spiro atoms. The van der Waals surface area contributed by atoms with E-state index >= 15 is 0 Å². The van der Waals surface area contributed by atoms with Crippen LogP contribution >= 0.6 is 0 Å². The van der Waals surface area contributed by atoms with Crippen molar-refractivity contribution in [3.63, 3.8) is 0 Å². The molecule has 6 nitrogen and oxygen atoms in total. The van der Waals surface area contributed by atoms with Gasteiger partial charge in [-0.15, -0.1) is 0 Å². The second-order valence-corrected chi connectivity index (χ2v) is 21.3. The summed E-state index contributed by atoms with van der Waals surface area (Å²) < 4.78 is 11.3. The van der Waals surface area contributed by atoms with E-state index in [0.29, 0.717) is 35.5 Å². The van der Waals surface area contributed by atoms with E-state index < -0.39 is 10.8 Å². The third-order valence-electron chi connectivity index (χ3n) is 14.3. The van der Waals surface area contributed by atoms with E-state index in [0.717, 1.165) is 36.8 Å². The van der Waals surface area contributed by atoms with Crippen LogP contribution in [-0.2, 0) is 29.9 Å². The molecular formula is C60H96O6. The van der Waals surface area contributed by atoms with E-state index in [-0.39, 0.29) is 36.3 Å². The Morgan fingerprint density at radius 3 is 0.864 bits per heavy atom. The number of hydrogen-bond donors (Lipinski definition) is 0. The number of hydrogen-bond acceptors (Lipinski definition) is 6. The Labute approximate surface area is 404 Å². The summed E-state index contributed by atoms with van der Waals surface area (Å²) >= 11 is 0. The number of carbonyl (C=O) groups excluding carboxylic acids is 4. The zero-order valence-electron chi connectivity index (χ0n) is 43.4. The molecule has 0 atom stereocenters. The average Bonchev–Trinajstić information content (AvgIpc) is 3.29. The Morgan fingerprint density at radius 2 is 0.606 bits per heavy atom. The summed E-state index contributed by atoms with van der Waals surface area (Å²) in [5.74, 6) is -0.895. The van der Waals surface area contributed by atoms with Crippen molar-refractivity contribution in [2.24, 2.45) is 0 Å². The molecule has 0 aliphatic heterocycles. The molecule has 0 heterocycles. The highest BCUT2D eigenvalue weighted by Crippen LogP contribution is 2.36. The summed E-state index contributed by atoms with van der Waals surface area (Å²) in [4.78, 5) is 53.7. The predicted molar refractivity (Wildman–Crippen MR) is 276 cm³/mol. The average molecular weight is 913 g/mol. The van der Waals surface area contributed by atoms with Crippen molar-refractivity contribution < 1.29 is 28.7 Å². The van der Waals surface area contributed by atoms with Crippen LogP contribution in [0.15, 0.2) is 36.4 Å². The molecular weight excluding hydrogens is 817 g/mol. The number of ketones is 2. The maximum absolute atomic E-state index is 13.9. The highest BCUT2D eigenvalue weighted by atomic mass is 16.5. The van der Waals surface area contributed by atoms with Gasteiger partial charge < -0.3 is 9.47 Å². The fraction of sp³-hybridized carbons (Fsp3) is 0.733. The van der Waals surface area contributed by atoms with Crippen LogP contribution in [0.1, 0.15) is 303 Å². The molecule has 66 heavy (non-hydrogen) atoms. The van der Waals surface area contributed by atoms with Gasteiger partial charge in [0, 0.05) is 33.1 Å². The van der Waals surface area contributed by atoms with Gasteiger partial charge in [0.2, 0.25) is 0 Å². The normalized spacial score (nSPS) is 12.6. The van der Waals surface area contributed by atoms with Crippen LogP contribution in [0.25, 0.3) is 0 Å². The summed E-state index contributed by atoms with van der Waals surface area (Å²) in [6.07, 6.45) is 42.1. The van der Waals surface area contributed by atoms with Gasteiger partial charge in [0.25, 0.3) is 0 Å². The molecule has 0 aromatic heterocycles. The Hall–Kier alpha value is -3.28. The molecule has 0 unspecified atom stereocenters. The van der Waals surface area contributed by atoms with Gasteiger partial charge in [-0.25, -0.2) is 0 Å². The predicted octanol–water partition coefficient (Wildman–Crippen LogP) is 17.4. The smallest absolute Gasteiger partial charge is 0.306 e. The highest BCUT2D eigenvalue weighted by molar-refractivity contribution is 6.28. The Morgan fingerprint density at radius 1 is 0.364 bits per heavy atom. The van der Waals surface area contributed by atoms with Gasteiger partial charge in [-0.05, 0) is 48.2 Å². The monoisotopic (exact) mass is 913 g/mol. The molecule has 0 saturated heterocycles. The number of unbranched alkanes of at least 4 members (excludes halogenated alkanes) is 30. The lowest BCUT2D eigenvalue weighted by Gasteiger charge is -2.28. The molecule has 0 N–H and O–H groups in total. The second kappa shape index (κ2) is 33.3. The second-order valence-electron chi connectivity index (χ2n) is 21.3. The molecule has 1 aliphatic rings. The largest absolute Gasteiger partial charge is 0.466 e. The Bertz CT molecular complexity index is 1560. The van der Waals surface area contributed by atoms with Crippen LogP contribution in [0.3, 0.4) is 0 Å². The summed E-state index contributed by atoms with van der Waals surface area (Å²) in [6.45, 7) is 13.3. The SMILES string of the molecule is CCCCCCCCCCCCCCCCCCOC(=O)CC(C)(C)c1ccc2c(c1)C(=O)c1ccc(C(C)(C)CC(=O)OCCCCCCCCCCCCCCCCCC)cc1C2=O. The highest BCUT2D eigenvalue weighted by Gasteiger charge is 2.35. The van der Waals surface area contributed by atoms with Crippen LogP contribution in [-0.4, -0.2) is 36.7 Å². The quantitative estimate of drug-likeness (QED) is 0.0417. The molecule has 6 heteroatoms. The first kappa shape index (κ1) is 57.0. The van der Waals surface area contributed by atoms with E-state index in [1.807, 2.05) is 39.8 Å². The van der Waals surface area contributed by atoms with Gasteiger partial charge in [-0.2, -0.15) is 0 Å². The van der Waals surface area contributed by atoms with Gasteiger partial charge in [-0.3, -0.25) is 19.2 Å². The van der Waals surface area contributed by atoms with E-state index in [2.05, 4.69) is 13.8 Å². The molecule has 2 aromatic carbocycles. The molecule has 0 fully saturated rings. The lowest BCUT2D eigenvalue weighted by atomic mass is 9.75. The summed E-state index contributed by atoms with van der Waals surface area (Å²) in [6, 6.07) is 10.8. The molecule has 2 aromatic rings. The fourth-order valence-corrected chi connectivity index (χ4v) is 9.69. The minimum Gasteiger partial charge on any atom is -0.466 e. The molecule has 0 radical (unpaired) electrons. The minimum atomic E-state index is -0.585. The van der Waals surface area contributed by atoms with E-state index in [1.54, 1.807) is 24.3 Å². The van der Waals surface area contributed by atoms with Crippen LogP contribution in [0.2, 0.25) is 0 Å². The number of benzene rings is 2. The third kappa shape index (κ3) is 22.2. The standard InChI is InChI=1S/C60H96O6/c1-7-9-11-13-15-17-19-21-23-25-27-29-31-33-35-37-43-65-55(61)47-59(3,4)49-39-41-51-53(45-49)57(63)52-42-40-50(46-54(52)58(51)64)60(5,6)48-56(62)66-44-38-36-34-32-30-28-26-24-22-20-18-16-14-12-10-8-2/h39-42,45-46H,7-38,43-44,47-48H2,1-6H3. The van der Waals surface area contributed by atoms with Crippen LogP contribution in [0.5, 0.6) is 0 Å². The van der Waals surface area contributed by atoms with Crippen LogP contribution in [0, 0.1) is 0 Å². The van der Waals surface area contributed by atoms with Crippen molar-refractivity contribution in [3.8, 4) is 0 Å². The van der Waals surface area contributed by atoms with Gasteiger partial charge >= 0.3 is 11.9 Å². The molecule has 0 saturated carbocycles. The zero-order valence-corrected chi connectivity index (χ0v) is 43.4. The van der Waals surface area contributed by atoms with Crippen molar-refractivity contribution in [3.05, 3.63) is 69.8 Å². The molecule has 3 rings (SSSR count). The fourth-order valence-electron chi connectivity index (χ4n) is 9.69. The molecule has 0 bridgehead atoms. The summed E-state index contributed by atoms with van der Waals surface area (Å²) in [5, 5.41) is 0. The maximum Gasteiger partial charge on any atom is 0.306 e. The van der Waals surface area contributed by atoms with Crippen molar-refractivity contribution in [1.82, 2.24) is 0 Å². The summed E-state index contributed by atoms with van der Waals surface area (Å²) in [5.41, 5.74) is 1.94. The van der Waals surface area contributed by atoms with Crippen LogP contribution in [0.4, 0.5) is 0 Å². The Balaban J connectivity index is 1.32. The van der Waals surface area contributed by atoms with Crippen molar-refractivity contribution in [2.45, 2.75) is 271 Å². The van der Waals surface area contributed by atoms with E-state index in [4.69, 9.17) is 9.47 Å². The number of esters is 2. The molecule has 1 aliphatic carbocycles. The number of fused-ring (bicyclic) bond motifs is 2. The summed E-state index contributed by atoms with van der Waals surface area (Å²) in [7, 11) is 0. The van der Waals surface area contributed by atoms with E-state index in [9.17, 15) is 19.2 Å². The van der Waals surface area contributed by atoms with Gasteiger partial charge in [-0.1, -0.05) is 246 Å². The van der Waals surface area contributed by atoms with Gasteiger partial charge in [0.05, 0.1) is 26.1 Å². The van der Waals surface area contributed by atoms with Crippen molar-refractivity contribution in [1.29, 1.82) is 0 Å². The first-order valence-electron chi connectivity index (χ1n) is 27.6. The lowest BCUT2D eigenvalue weighted by Crippen LogP contribution is -2.27. The maximum atomic E-state index is 13.9. The van der Waals surface area contributed by atoms with Crippen molar-refractivity contribution in [2.75, 3.05) is 13.2 Å². The molecule has 0 amide bonds. The lowest BCUT2D eigenvalue weighted by molar-refractivity contribution is -0.146. The number of ether oxygens (including phenoxy) is 2.